The van der Waals surface area contributed by atoms with E-state index in [4.69, 9.17) is 0 Å². The van der Waals surface area contributed by atoms with Crippen LogP contribution in [0.15, 0.2) is 0 Å². The minimum absolute atomic E-state index is 0.0438. The molecular formula is C15H29NO. The van der Waals surface area contributed by atoms with E-state index in [1.165, 1.54) is 51.4 Å². The van der Waals surface area contributed by atoms with Gasteiger partial charge in [-0.3, -0.25) is 0 Å². The molecule has 2 unspecified atom stereocenters. The van der Waals surface area contributed by atoms with Crippen molar-refractivity contribution in [3.05, 3.63) is 0 Å². The van der Waals surface area contributed by atoms with Crippen molar-refractivity contribution in [3.63, 3.8) is 0 Å². The van der Waals surface area contributed by atoms with E-state index in [1.807, 2.05) is 0 Å². The highest BCUT2D eigenvalue weighted by molar-refractivity contribution is 4.96. The quantitative estimate of drug-likeness (QED) is 0.790. The van der Waals surface area contributed by atoms with Gasteiger partial charge in [0.2, 0.25) is 0 Å². The van der Waals surface area contributed by atoms with Crippen LogP contribution in [-0.2, 0) is 0 Å². The van der Waals surface area contributed by atoms with Gasteiger partial charge in [-0.2, -0.15) is 0 Å². The van der Waals surface area contributed by atoms with E-state index in [2.05, 4.69) is 19.2 Å². The Labute approximate surface area is 106 Å². The molecule has 2 saturated carbocycles. The van der Waals surface area contributed by atoms with Crippen molar-refractivity contribution in [3.8, 4) is 0 Å². The normalized spacial score (nSPS) is 35.6. The van der Waals surface area contributed by atoms with E-state index in [-0.39, 0.29) is 5.54 Å². The summed E-state index contributed by atoms with van der Waals surface area (Å²) >= 11 is 0. The van der Waals surface area contributed by atoms with Crippen molar-refractivity contribution >= 4 is 0 Å². The van der Waals surface area contributed by atoms with Gasteiger partial charge in [-0.15, -0.1) is 0 Å². The van der Waals surface area contributed by atoms with Gasteiger partial charge in [-0.25, -0.2) is 0 Å². The van der Waals surface area contributed by atoms with Crippen LogP contribution in [0.2, 0.25) is 0 Å². The molecule has 0 amide bonds. The van der Waals surface area contributed by atoms with Crippen LogP contribution in [0.1, 0.15) is 65.2 Å². The molecule has 2 aliphatic carbocycles. The van der Waals surface area contributed by atoms with Gasteiger partial charge < -0.3 is 10.4 Å². The monoisotopic (exact) mass is 239 g/mol. The van der Waals surface area contributed by atoms with Gasteiger partial charge in [0.05, 0.1) is 6.61 Å². The molecule has 0 radical (unpaired) electrons. The molecule has 17 heavy (non-hydrogen) atoms. The molecule has 2 heteroatoms. The molecule has 0 saturated heterocycles. The molecule has 100 valence electrons. The van der Waals surface area contributed by atoms with Gasteiger partial charge >= 0.3 is 0 Å². The number of rotatable bonds is 4. The van der Waals surface area contributed by atoms with Crippen molar-refractivity contribution in [1.82, 2.24) is 5.32 Å². The number of hydrogen-bond donors (Lipinski definition) is 2. The van der Waals surface area contributed by atoms with Crippen LogP contribution >= 0.6 is 0 Å². The number of aliphatic hydroxyl groups excluding tert-OH is 1. The number of aliphatic hydroxyl groups is 1. The fourth-order valence-corrected chi connectivity index (χ4v) is 3.80. The SMILES string of the molecule is CC(C)C1CCCC(CO)(NC2CCCC2)C1. The Bertz CT molecular complexity index is 231. The summed E-state index contributed by atoms with van der Waals surface area (Å²) in [5.74, 6) is 1.55. The van der Waals surface area contributed by atoms with E-state index in [1.54, 1.807) is 0 Å². The fraction of sp³-hybridized carbons (Fsp3) is 1.00. The lowest BCUT2D eigenvalue weighted by Crippen LogP contribution is -2.55. The van der Waals surface area contributed by atoms with Crippen molar-refractivity contribution in [2.45, 2.75) is 76.8 Å². The van der Waals surface area contributed by atoms with Crippen molar-refractivity contribution in [1.29, 1.82) is 0 Å². The van der Waals surface area contributed by atoms with Crippen LogP contribution in [0, 0.1) is 11.8 Å². The highest BCUT2D eigenvalue weighted by Gasteiger charge is 2.38. The summed E-state index contributed by atoms with van der Waals surface area (Å²) in [4.78, 5) is 0. The van der Waals surface area contributed by atoms with Gasteiger partial charge in [0, 0.05) is 11.6 Å². The third-order valence-corrected chi connectivity index (χ3v) is 4.99. The highest BCUT2D eigenvalue weighted by atomic mass is 16.3. The minimum atomic E-state index is 0.0438. The average Bonchev–Trinajstić information content (AvgIpc) is 2.82. The zero-order chi connectivity index (χ0) is 12.3. The summed E-state index contributed by atoms with van der Waals surface area (Å²) in [6.07, 6.45) is 10.3. The molecule has 0 aliphatic heterocycles. The van der Waals surface area contributed by atoms with Crippen LogP contribution in [0.4, 0.5) is 0 Å². The van der Waals surface area contributed by atoms with Gasteiger partial charge in [-0.05, 0) is 37.5 Å². The Hall–Kier alpha value is -0.0800. The van der Waals surface area contributed by atoms with Crippen LogP contribution in [0.25, 0.3) is 0 Å². The van der Waals surface area contributed by atoms with Crippen LogP contribution in [-0.4, -0.2) is 23.3 Å². The Balaban J connectivity index is 1.96. The standard InChI is InChI=1S/C15H29NO/c1-12(2)13-6-5-9-15(10-13,11-17)16-14-7-3-4-8-14/h12-14,16-17H,3-11H2,1-2H3. The second-order valence-electron chi connectivity index (χ2n) is 6.66. The number of nitrogens with one attached hydrogen (secondary N) is 1. The maximum atomic E-state index is 9.84. The molecule has 0 aromatic rings. The van der Waals surface area contributed by atoms with Gasteiger partial charge in [0.25, 0.3) is 0 Å². The Morgan fingerprint density at radius 2 is 1.88 bits per heavy atom. The second kappa shape index (κ2) is 5.71. The molecule has 0 aromatic carbocycles. The van der Waals surface area contributed by atoms with Gasteiger partial charge in [0.15, 0.2) is 0 Å². The van der Waals surface area contributed by atoms with E-state index in [0.717, 1.165) is 11.8 Å². The Kier molecular flexibility index (Phi) is 4.48. The van der Waals surface area contributed by atoms with Crippen molar-refractivity contribution in [2.75, 3.05) is 6.61 Å². The topological polar surface area (TPSA) is 32.3 Å². The predicted molar refractivity (Wildman–Crippen MR) is 72.0 cm³/mol. The van der Waals surface area contributed by atoms with E-state index in [0.29, 0.717) is 12.6 Å². The lowest BCUT2D eigenvalue weighted by molar-refractivity contribution is 0.0717. The van der Waals surface area contributed by atoms with Crippen LogP contribution in [0.3, 0.4) is 0 Å². The van der Waals surface area contributed by atoms with Crippen LogP contribution < -0.4 is 5.32 Å². The van der Waals surface area contributed by atoms with E-state index >= 15 is 0 Å². The van der Waals surface area contributed by atoms with Crippen molar-refractivity contribution < 1.29 is 5.11 Å². The fourth-order valence-electron chi connectivity index (χ4n) is 3.80. The van der Waals surface area contributed by atoms with Gasteiger partial charge in [0.1, 0.15) is 0 Å². The lowest BCUT2D eigenvalue weighted by atomic mass is 9.71. The van der Waals surface area contributed by atoms with Crippen LogP contribution in [0.5, 0.6) is 0 Å². The molecule has 0 heterocycles. The molecule has 0 bridgehead atoms. The van der Waals surface area contributed by atoms with E-state index in [9.17, 15) is 5.11 Å². The summed E-state index contributed by atoms with van der Waals surface area (Å²) in [5, 5.41) is 13.7. The van der Waals surface area contributed by atoms with E-state index < -0.39 is 0 Å². The molecular weight excluding hydrogens is 210 g/mol. The molecule has 0 aromatic heterocycles. The maximum absolute atomic E-state index is 9.84. The summed E-state index contributed by atoms with van der Waals surface area (Å²) in [6.45, 7) is 4.98. The molecule has 2 aliphatic rings. The van der Waals surface area contributed by atoms with Gasteiger partial charge in [-0.1, -0.05) is 39.5 Å². The second-order valence-corrected chi connectivity index (χ2v) is 6.66. The van der Waals surface area contributed by atoms with Crippen molar-refractivity contribution in [2.24, 2.45) is 11.8 Å². The first kappa shape index (κ1) is 13.4. The molecule has 2 N–H and O–H groups in total. The minimum Gasteiger partial charge on any atom is -0.394 e. The third-order valence-electron chi connectivity index (χ3n) is 4.99. The molecule has 0 spiro atoms. The predicted octanol–water partition coefficient (Wildman–Crippen LogP) is 3.10. The summed E-state index contributed by atoms with van der Waals surface area (Å²) < 4.78 is 0. The average molecular weight is 239 g/mol. The zero-order valence-corrected chi connectivity index (χ0v) is 11.5. The zero-order valence-electron chi connectivity index (χ0n) is 11.5. The summed E-state index contributed by atoms with van der Waals surface area (Å²) in [5.41, 5.74) is 0.0438. The molecule has 2 nitrogen and oxygen atoms in total. The molecule has 2 rings (SSSR count). The summed E-state index contributed by atoms with van der Waals surface area (Å²) in [7, 11) is 0. The maximum Gasteiger partial charge on any atom is 0.0613 e. The molecule has 2 atom stereocenters. The lowest BCUT2D eigenvalue weighted by Gasteiger charge is -2.43. The largest absolute Gasteiger partial charge is 0.394 e. The summed E-state index contributed by atoms with van der Waals surface area (Å²) in [6, 6.07) is 0.674. The first-order chi connectivity index (χ1) is 8.15. The number of hydrogen-bond acceptors (Lipinski definition) is 2. The highest BCUT2D eigenvalue weighted by Crippen LogP contribution is 2.37. The first-order valence-corrected chi connectivity index (χ1v) is 7.54. The third kappa shape index (κ3) is 3.23. The molecule has 2 fully saturated rings. The Morgan fingerprint density at radius 1 is 1.18 bits per heavy atom. The smallest absolute Gasteiger partial charge is 0.0613 e. The first-order valence-electron chi connectivity index (χ1n) is 7.54. The Morgan fingerprint density at radius 3 is 2.47 bits per heavy atom.